The number of carbonyl (C=O) groups excluding carboxylic acids is 1. The summed E-state index contributed by atoms with van der Waals surface area (Å²) in [6.07, 6.45) is 10.3. The Kier molecular flexibility index (Phi) is 13.6. The second-order valence-corrected chi connectivity index (χ2v) is 8.13. The zero-order chi connectivity index (χ0) is 19.9. The van der Waals surface area contributed by atoms with E-state index < -0.39 is 0 Å². The number of hydrogen-bond acceptors (Lipinski definition) is 4. The Bertz CT molecular complexity index is 379. The molecular formula is C22H44N2O3. The lowest BCUT2D eigenvalue weighted by Crippen LogP contribution is -2.36. The number of unbranched alkanes of at least 4 members (excludes halogenated alkanes) is 5. The number of rotatable bonds is 17. The van der Waals surface area contributed by atoms with Gasteiger partial charge in [-0.25, -0.2) is 4.79 Å². The Morgan fingerprint density at radius 3 is 2.41 bits per heavy atom. The van der Waals surface area contributed by atoms with E-state index in [9.17, 15) is 4.79 Å². The average Bonchev–Trinajstić information content (AvgIpc) is 3.35. The fraction of sp³-hybridized carbons (Fsp3) is 0.955. The van der Waals surface area contributed by atoms with Gasteiger partial charge in [0.25, 0.3) is 0 Å². The molecule has 1 saturated heterocycles. The van der Waals surface area contributed by atoms with Crippen molar-refractivity contribution in [1.29, 1.82) is 0 Å². The van der Waals surface area contributed by atoms with Crippen LogP contribution < -0.4 is 5.32 Å². The molecule has 1 rings (SSSR count). The lowest BCUT2D eigenvalue weighted by Gasteiger charge is -2.21. The van der Waals surface area contributed by atoms with E-state index in [4.69, 9.17) is 9.47 Å². The molecular weight excluding hydrogens is 340 g/mol. The third-order valence-electron chi connectivity index (χ3n) is 5.45. The first-order chi connectivity index (χ1) is 13.1. The van der Waals surface area contributed by atoms with Gasteiger partial charge in [-0.05, 0) is 25.7 Å². The molecule has 1 aliphatic heterocycles. The van der Waals surface area contributed by atoms with Crippen molar-refractivity contribution in [2.24, 2.45) is 5.92 Å². The van der Waals surface area contributed by atoms with Crippen LogP contribution in [0.3, 0.4) is 0 Å². The Morgan fingerprint density at radius 2 is 1.78 bits per heavy atom. The number of nitrogens with zero attached hydrogens (tertiary/aromatic N) is 1. The lowest BCUT2D eigenvalue weighted by atomic mass is 10.0. The van der Waals surface area contributed by atoms with Gasteiger partial charge in [-0.2, -0.15) is 0 Å². The molecule has 0 spiro atoms. The Labute approximate surface area is 167 Å². The number of nitrogens with one attached hydrogen (secondary N) is 1. The van der Waals surface area contributed by atoms with Crippen molar-refractivity contribution in [3.05, 3.63) is 0 Å². The molecule has 1 heterocycles. The summed E-state index contributed by atoms with van der Waals surface area (Å²) in [4.78, 5) is 14.4. The van der Waals surface area contributed by atoms with E-state index in [1.54, 1.807) is 0 Å². The third-order valence-corrected chi connectivity index (χ3v) is 5.45. The molecule has 0 aromatic heterocycles. The molecule has 0 aromatic carbocycles. The number of hydrogen-bond donors (Lipinski definition) is 1. The van der Waals surface area contributed by atoms with E-state index in [1.807, 2.05) is 0 Å². The highest BCUT2D eigenvalue weighted by Crippen LogP contribution is 2.18. The zero-order valence-electron chi connectivity index (χ0n) is 18.3. The van der Waals surface area contributed by atoms with Gasteiger partial charge in [0, 0.05) is 32.3 Å². The molecule has 1 amide bonds. The molecule has 5 nitrogen and oxygen atoms in total. The van der Waals surface area contributed by atoms with Gasteiger partial charge in [0.05, 0.1) is 6.61 Å². The Hall–Kier alpha value is -0.810. The second-order valence-electron chi connectivity index (χ2n) is 8.13. The van der Waals surface area contributed by atoms with E-state index in [1.165, 1.54) is 44.9 Å². The van der Waals surface area contributed by atoms with Crippen molar-refractivity contribution in [2.75, 3.05) is 32.8 Å². The van der Waals surface area contributed by atoms with E-state index in [0.29, 0.717) is 25.1 Å². The van der Waals surface area contributed by atoms with E-state index >= 15 is 0 Å². The highest BCUT2D eigenvalue weighted by atomic mass is 16.6. The molecule has 4 unspecified atom stereocenters. The minimum absolute atomic E-state index is 0.182. The van der Waals surface area contributed by atoms with Crippen LogP contribution in [0.5, 0.6) is 0 Å². The summed E-state index contributed by atoms with van der Waals surface area (Å²) in [5.41, 5.74) is 0. The van der Waals surface area contributed by atoms with Crippen molar-refractivity contribution in [2.45, 2.75) is 97.6 Å². The molecule has 27 heavy (non-hydrogen) atoms. The molecule has 0 saturated carbocycles. The summed E-state index contributed by atoms with van der Waals surface area (Å²) < 4.78 is 11.6. The van der Waals surface area contributed by atoms with Crippen LogP contribution in [0.25, 0.3) is 0 Å². The van der Waals surface area contributed by atoms with Gasteiger partial charge in [0.15, 0.2) is 0 Å². The van der Waals surface area contributed by atoms with Crippen molar-refractivity contribution >= 4 is 6.09 Å². The van der Waals surface area contributed by atoms with Gasteiger partial charge in [-0.15, -0.1) is 0 Å². The summed E-state index contributed by atoms with van der Waals surface area (Å²) in [6, 6.07) is 0.602. The Morgan fingerprint density at radius 1 is 1.07 bits per heavy atom. The van der Waals surface area contributed by atoms with Crippen LogP contribution in [-0.2, 0) is 9.47 Å². The highest BCUT2D eigenvalue weighted by molar-refractivity contribution is 5.67. The molecule has 0 radical (unpaired) electrons. The molecule has 0 aliphatic carbocycles. The van der Waals surface area contributed by atoms with Crippen LogP contribution in [0.15, 0.2) is 0 Å². The smallest absolute Gasteiger partial charge is 0.407 e. The van der Waals surface area contributed by atoms with Gasteiger partial charge in [-0.1, -0.05) is 65.7 Å². The number of amides is 1. The van der Waals surface area contributed by atoms with Crippen molar-refractivity contribution in [3.63, 3.8) is 0 Å². The van der Waals surface area contributed by atoms with Crippen LogP contribution in [-0.4, -0.2) is 56.0 Å². The fourth-order valence-corrected chi connectivity index (χ4v) is 3.31. The van der Waals surface area contributed by atoms with Gasteiger partial charge in [0.2, 0.25) is 0 Å². The van der Waals surface area contributed by atoms with Gasteiger partial charge in [-0.3, -0.25) is 4.90 Å². The molecule has 0 aromatic rings. The monoisotopic (exact) mass is 384 g/mol. The largest absolute Gasteiger partial charge is 0.442 e. The maximum absolute atomic E-state index is 12.1. The second kappa shape index (κ2) is 15.2. The van der Waals surface area contributed by atoms with Crippen LogP contribution >= 0.6 is 0 Å². The summed E-state index contributed by atoms with van der Waals surface area (Å²) in [7, 11) is 0. The highest BCUT2D eigenvalue weighted by Gasteiger charge is 2.32. The van der Waals surface area contributed by atoms with Gasteiger partial charge in [0.1, 0.15) is 6.10 Å². The third kappa shape index (κ3) is 12.3. The average molecular weight is 385 g/mol. The number of alkyl carbamates (subject to hydrolysis) is 1. The maximum Gasteiger partial charge on any atom is 0.407 e. The number of ether oxygens (including phenoxy) is 2. The predicted octanol–water partition coefficient (Wildman–Crippen LogP) is 4.99. The summed E-state index contributed by atoms with van der Waals surface area (Å²) in [6.45, 7) is 12.7. The topological polar surface area (TPSA) is 50.6 Å². The first-order valence-electron chi connectivity index (χ1n) is 11.4. The molecule has 1 fully saturated rings. The standard InChI is InChI=1S/C22H44N2O3/c1-5-8-10-11-12-14-23-22(25)27-21(16-24-15-19(24)4)18-26-17-20(7-3)13-9-6-2/h19-21H,5-18H2,1-4H3,(H,23,25). The maximum atomic E-state index is 12.1. The van der Waals surface area contributed by atoms with Crippen molar-refractivity contribution in [3.8, 4) is 0 Å². The van der Waals surface area contributed by atoms with E-state index in [0.717, 1.165) is 32.5 Å². The molecule has 4 atom stereocenters. The van der Waals surface area contributed by atoms with E-state index in [-0.39, 0.29) is 12.2 Å². The predicted molar refractivity (Wildman–Crippen MR) is 112 cm³/mol. The number of carbonyl (C=O) groups is 1. The first kappa shape index (κ1) is 24.2. The minimum atomic E-state index is -0.299. The summed E-state index contributed by atoms with van der Waals surface area (Å²) in [5, 5.41) is 2.90. The molecule has 160 valence electrons. The van der Waals surface area contributed by atoms with Gasteiger partial charge >= 0.3 is 6.09 Å². The minimum Gasteiger partial charge on any atom is -0.442 e. The Balaban J connectivity index is 2.26. The first-order valence-corrected chi connectivity index (χ1v) is 11.4. The van der Waals surface area contributed by atoms with Crippen molar-refractivity contribution < 1.29 is 14.3 Å². The van der Waals surface area contributed by atoms with Crippen LogP contribution in [0, 0.1) is 5.92 Å². The van der Waals surface area contributed by atoms with E-state index in [2.05, 4.69) is 37.9 Å². The quantitative estimate of drug-likeness (QED) is 0.283. The van der Waals surface area contributed by atoms with Crippen molar-refractivity contribution in [1.82, 2.24) is 10.2 Å². The SMILES string of the molecule is CCCCCCCNC(=O)OC(COCC(CC)CCCC)CN1CC1C. The zero-order valence-corrected chi connectivity index (χ0v) is 18.3. The molecule has 0 bridgehead atoms. The van der Waals surface area contributed by atoms with Crippen LogP contribution in [0.4, 0.5) is 4.79 Å². The van der Waals surface area contributed by atoms with Gasteiger partial charge < -0.3 is 14.8 Å². The molecule has 1 N–H and O–H groups in total. The summed E-state index contributed by atoms with van der Waals surface area (Å²) in [5.74, 6) is 0.614. The normalized spacial score (nSPS) is 20.9. The fourth-order valence-electron chi connectivity index (χ4n) is 3.31. The summed E-state index contributed by atoms with van der Waals surface area (Å²) >= 11 is 0. The lowest BCUT2D eigenvalue weighted by molar-refractivity contribution is 0.00105. The molecule has 5 heteroatoms. The van der Waals surface area contributed by atoms with Crippen LogP contribution in [0.1, 0.15) is 85.5 Å². The molecule has 1 aliphatic rings. The van der Waals surface area contributed by atoms with Crippen LogP contribution in [0.2, 0.25) is 0 Å².